The van der Waals surface area contributed by atoms with Crippen LogP contribution in [0, 0.1) is 11.3 Å². The van der Waals surface area contributed by atoms with E-state index in [0.717, 1.165) is 5.56 Å². The van der Waals surface area contributed by atoms with Crippen LogP contribution in [-0.2, 0) is 6.54 Å². The molecule has 0 spiro atoms. The zero-order chi connectivity index (χ0) is 13.8. The second kappa shape index (κ2) is 5.85. The van der Waals surface area contributed by atoms with Crippen molar-refractivity contribution in [3.8, 4) is 11.8 Å². The van der Waals surface area contributed by atoms with Crippen LogP contribution in [0.15, 0.2) is 18.2 Å². The summed E-state index contributed by atoms with van der Waals surface area (Å²) in [6, 6.07) is 7.66. The molecule has 0 saturated heterocycles. The van der Waals surface area contributed by atoms with Crippen molar-refractivity contribution in [3.05, 3.63) is 29.3 Å². The highest BCUT2D eigenvalue weighted by atomic mass is 16.5. The van der Waals surface area contributed by atoms with Crippen molar-refractivity contribution in [1.82, 2.24) is 4.90 Å². The number of methoxy groups -OCH3 is 1. The third-order valence-corrected chi connectivity index (χ3v) is 2.49. The third-order valence-electron chi connectivity index (χ3n) is 2.49. The molecule has 0 fully saturated rings. The lowest BCUT2D eigenvalue weighted by Gasteiger charge is -2.25. The molecule has 4 heteroatoms. The number of ether oxygens (including phenoxy) is 1. The van der Waals surface area contributed by atoms with Crippen molar-refractivity contribution >= 4 is 0 Å². The molecular weight excluding hydrogens is 228 g/mol. The molecule has 0 aliphatic carbocycles. The Hall–Kier alpha value is -1.57. The van der Waals surface area contributed by atoms with Gasteiger partial charge >= 0.3 is 0 Å². The molecule has 0 heterocycles. The first-order valence-electron chi connectivity index (χ1n) is 5.83. The molecule has 0 saturated carbocycles. The first-order chi connectivity index (χ1) is 8.35. The maximum absolute atomic E-state index is 9.73. The minimum Gasteiger partial charge on any atom is -0.495 e. The van der Waals surface area contributed by atoms with Crippen molar-refractivity contribution in [2.45, 2.75) is 26.0 Å². The minimum absolute atomic E-state index is 0.534. The van der Waals surface area contributed by atoms with Crippen LogP contribution in [0.3, 0.4) is 0 Å². The zero-order valence-corrected chi connectivity index (χ0v) is 11.4. The molecule has 0 aromatic heterocycles. The fraction of sp³-hybridized carbons (Fsp3) is 0.500. The van der Waals surface area contributed by atoms with Gasteiger partial charge in [-0.3, -0.25) is 4.90 Å². The molecule has 1 rings (SSSR count). The second-order valence-corrected chi connectivity index (χ2v) is 5.13. The van der Waals surface area contributed by atoms with E-state index in [1.54, 1.807) is 27.0 Å². The number of likely N-dealkylation sites (N-methyl/N-ethyl adjacent to an activating group) is 1. The Bertz CT molecular complexity index is 444. The lowest BCUT2D eigenvalue weighted by atomic mass is 10.1. The van der Waals surface area contributed by atoms with Crippen molar-refractivity contribution in [2.24, 2.45) is 0 Å². The smallest absolute Gasteiger partial charge is 0.136 e. The van der Waals surface area contributed by atoms with Crippen LogP contribution in [0.1, 0.15) is 25.0 Å². The van der Waals surface area contributed by atoms with E-state index >= 15 is 0 Å². The molecular formula is C14H20N2O2. The van der Waals surface area contributed by atoms with Gasteiger partial charge in [-0.05, 0) is 38.6 Å². The van der Waals surface area contributed by atoms with Gasteiger partial charge in [-0.15, -0.1) is 0 Å². The van der Waals surface area contributed by atoms with Gasteiger partial charge in [0.2, 0.25) is 0 Å². The molecule has 0 amide bonds. The van der Waals surface area contributed by atoms with Crippen molar-refractivity contribution in [2.75, 3.05) is 20.7 Å². The zero-order valence-electron chi connectivity index (χ0n) is 11.4. The van der Waals surface area contributed by atoms with E-state index in [-0.39, 0.29) is 0 Å². The first kappa shape index (κ1) is 14.5. The van der Waals surface area contributed by atoms with E-state index in [0.29, 0.717) is 24.4 Å². The van der Waals surface area contributed by atoms with E-state index in [4.69, 9.17) is 10.00 Å². The topological polar surface area (TPSA) is 56.5 Å². The molecule has 18 heavy (non-hydrogen) atoms. The Kier molecular flexibility index (Phi) is 4.71. The van der Waals surface area contributed by atoms with E-state index < -0.39 is 5.60 Å². The van der Waals surface area contributed by atoms with Gasteiger partial charge in [-0.25, -0.2) is 0 Å². The Morgan fingerprint density at radius 2 is 2.11 bits per heavy atom. The SMILES string of the molecule is COc1ccc(CN(C)CC(C)(C)O)cc1C#N. The lowest BCUT2D eigenvalue weighted by molar-refractivity contribution is 0.0425. The van der Waals surface area contributed by atoms with Crippen molar-refractivity contribution in [1.29, 1.82) is 5.26 Å². The number of nitriles is 1. The van der Waals surface area contributed by atoms with Crippen LogP contribution >= 0.6 is 0 Å². The van der Waals surface area contributed by atoms with Gasteiger partial charge in [0.25, 0.3) is 0 Å². The lowest BCUT2D eigenvalue weighted by Crippen LogP contribution is -2.35. The molecule has 0 bridgehead atoms. The van der Waals surface area contributed by atoms with Crippen LogP contribution in [0.25, 0.3) is 0 Å². The minimum atomic E-state index is -0.723. The van der Waals surface area contributed by atoms with Gasteiger partial charge in [-0.2, -0.15) is 5.26 Å². The normalized spacial score (nSPS) is 11.4. The highest BCUT2D eigenvalue weighted by Gasteiger charge is 2.16. The van der Waals surface area contributed by atoms with Crippen LogP contribution in [-0.4, -0.2) is 36.3 Å². The molecule has 4 nitrogen and oxygen atoms in total. The van der Waals surface area contributed by atoms with E-state index in [1.807, 2.05) is 24.1 Å². The number of hydrogen-bond acceptors (Lipinski definition) is 4. The molecule has 98 valence electrons. The summed E-state index contributed by atoms with van der Waals surface area (Å²) in [5.41, 5.74) is 0.838. The number of hydrogen-bond donors (Lipinski definition) is 1. The summed E-state index contributed by atoms with van der Waals surface area (Å²) in [6.45, 7) is 4.81. The Labute approximate surface area is 108 Å². The maximum Gasteiger partial charge on any atom is 0.136 e. The van der Waals surface area contributed by atoms with Crippen LogP contribution in [0.2, 0.25) is 0 Å². The van der Waals surface area contributed by atoms with Gasteiger partial charge in [0.15, 0.2) is 0 Å². The van der Waals surface area contributed by atoms with E-state index in [9.17, 15) is 5.11 Å². The van der Waals surface area contributed by atoms with Crippen LogP contribution < -0.4 is 4.74 Å². The summed E-state index contributed by atoms with van der Waals surface area (Å²) in [5, 5.41) is 18.7. The van der Waals surface area contributed by atoms with Gasteiger partial charge in [0.05, 0.1) is 18.3 Å². The summed E-state index contributed by atoms with van der Waals surface area (Å²) in [5.74, 6) is 0.589. The summed E-state index contributed by atoms with van der Waals surface area (Å²) >= 11 is 0. The summed E-state index contributed by atoms with van der Waals surface area (Å²) < 4.78 is 5.10. The molecule has 0 aliphatic heterocycles. The first-order valence-corrected chi connectivity index (χ1v) is 5.83. The average Bonchev–Trinajstić information content (AvgIpc) is 2.26. The van der Waals surface area contributed by atoms with Gasteiger partial charge in [0.1, 0.15) is 11.8 Å². The summed E-state index contributed by atoms with van der Waals surface area (Å²) in [7, 11) is 3.49. The number of benzene rings is 1. The van der Waals surface area contributed by atoms with Crippen LogP contribution in [0.5, 0.6) is 5.75 Å². The monoisotopic (exact) mass is 248 g/mol. The van der Waals surface area contributed by atoms with Crippen molar-refractivity contribution in [3.63, 3.8) is 0 Å². The highest BCUT2D eigenvalue weighted by molar-refractivity contribution is 5.45. The maximum atomic E-state index is 9.73. The fourth-order valence-corrected chi connectivity index (χ4v) is 1.97. The predicted octanol–water partition coefficient (Wildman–Crippen LogP) is 1.77. The molecule has 0 atom stereocenters. The molecule has 0 unspecified atom stereocenters. The molecule has 1 N–H and O–H groups in total. The predicted molar refractivity (Wildman–Crippen MR) is 70.3 cm³/mol. The van der Waals surface area contributed by atoms with E-state index in [2.05, 4.69) is 6.07 Å². The highest BCUT2D eigenvalue weighted by Crippen LogP contribution is 2.19. The Morgan fingerprint density at radius 1 is 1.44 bits per heavy atom. The number of rotatable bonds is 5. The van der Waals surface area contributed by atoms with Crippen molar-refractivity contribution < 1.29 is 9.84 Å². The molecule has 0 aliphatic rings. The molecule has 1 aromatic carbocycles. The Morgan fingerprint density at radius 3 is 2.61 bits per heavy atom. The molecule has 0 radical (unpaired) electrons. The molecule has 1 aromatic rings. The summed E-state index contributed by atoms with van der Waals surface area (Å²) in [4.78, 5) is 2.02. The quantitative estimate of drug-likeness (QED) is 0.862. The van der Waals surface area contributed by atoms with Gasteiger partial charge in [0, 0.05) is 13.1 Å². The fourth-order valence-electron chi connectivity index (χ4n) is 1.97. The number of nitrogens with zero attached hydrogens (tertiary/aromatic N) is 2. The van der Waals surface area contributed by atoms with Gasteiger partial charge < -0.3 is 9.84 Å². The largest absolute Gasteiger partial charge is 0.495 e. The standard InChI is InChI=1S/C14H20N2O2/c1-14(2,17)10-16(3)9-11-5-6-13(18-4)12(7-11)8-15/h5-7,17H,9-10H2,1-4H3. The van der Waals surface area contributed by atoms with Gasteiger partial charge in [-0.1, -0.05) is 6.07 Å². The average molecular weight is 248 g/mol. The number of aliphatic hydroxyl groups is 1. The van der Waals surface area contributed by atoms with Crippen LogP contribution in [0.4, 0.5) is 0 Å². The Balaban J connectivity index is 2.77. The second-order valence-electron chi connectivity index (χ2n) is 5.13. The third kappa shape index (κ3) is 4.36. The summed E-state index contributed by atoms with van der Waals surface area (Å²) in [6.07, 6.45) is 0. The van der Waals surface area contributed by atoms with E-state index in [1.165, 1.54) is 0 Å².